The lowest BCUT2D eigenvalue weighted by molar-refractivity contribution is 0.0977. The molecule has 0 saturated carbocycles. The third-order valence-electron chi connectivity index (χ3n) is 10.9. The number of hydrogen-bond donors (Lipinski definition) is 1. The molecule has 4 heterocycles. The maximum absolute atomic E-state index is 14.1. The first kappa shape index (κ1) is 37.9. The van der Waals surface area contributed by atoms with E-state index in [0.717, 1.165) is 53.9 Å². The minimum atomic E-state index is -0.144. The fourth-order valence-electron chi connectivity index (χ4n) is 7.77. The first-order valence-corrected chi connectivity index (χ1v) is 21.2. The lowest BCUT2D eigenvalue weighted by Gasteiger charge is -2.23. The molecule has 1 N–H and O–H groups in total. The Morgan fingerprint density at radius 3 is 2.29 bits per heavy atom. The normalized spacial score (nSPS) is 17.7. The molecule has 0 saturated heterocycles. The summed E-state index contributed by atoms with van der Waals surface area (Å²) in [6.45, 7) is 5.77. The quantitative estimate of drug-likeness (QED) is 0.0988. The van der Waals surface area contributed by atoms with Crippen molar-refractivity contribution < 1.29 is 33.3 Å². The van der Waals surface area contributed by atoms with Crippen LogP contribution in [0, 0.1) is 0 Å². The van der Waals surface area contributed by atoms with Crippen LogP contribution in [-0.2, 0) is 12.8 Å². The average molecular weight is 795 g/mol. The topological polar surface area (TPSA) is 111 Å². The molecule has 8 rings (SSSR count). The SMILES string of the molecule is COc1cc2c(cc1OCSCOc1cc3c(cc1OC)C(=O)N1c4ccc(OCCCC(C)(C)SC)cc4C[C@H]1CN3)N=C[C@@H]1Cc3ccccc3N1C2=O. The molecular formula is C43H46N4O7S2. The first-order valence-electron chi connectivity index (χ1n) is 18.8. The second kappa shape index (κ2) is 15.9. The smallest absolute Gasteiger partial charge is 0.261 e. The van der Waals surface area contributed by atoms with E-state index in [1.807, 2.05) is 64.2 Å². The molecule has 4 aromatic rings. The highest BCUT2D eigenvalue weighted by molar-refractivity contribution is 7.99. The molecule has 292 valence electrons. The van der Waals surface area contributed by atoms with E-state index in [1.54, 1.807) is 32.4 Å². The van der Waals surface area contributed by atoms with Crippen LogP contribution < -0.4 is 38.8 Å². The molecule has 4 aliphatic heterocycles. The van der Waals surface area contributed by atoms with Crippen molar-refractivity contribution in [3.8, 4) is 28.7 Å². The van der Waals surface area contributed by atoms with Crippen molar-refractivity contribution in [1.82, 2.24) is 0 Å². The van der Waals surface area contributed by atoms with Crippen LogP contribution in [0.2, 0.25) is 0 Å². The van der Waals surface area contributed by atoms with Crippen molar-refractivity contribution in [3.05, 3.63) is 89.0 Å². The molecule has 2 atom stereocenters. The number of benzene rings is 4. The number of nitrogens with one attached hydrogen (secondary N) is 1. The molecule has 0 spiro atoms. The molecule has 0 unspecified atom stereocenters. The van der Waals surface area contributed by atoms with Gasteiger partial charge in [0.15, 0.2) is 23.0 Å². The van der Waals surface area contributed by atoms with Gasteiger partial charge in [0.2, 0.25) is 0 Å². The van der Waals surface area contributed by atoms with E-state index in [9.17, 15) is 9.59 Å². The Bertz CT molecular complexity index is 2190. The zero-order chi connectivity index (χ0) is 39.0. The van der Waals surface area contributed by atoms with Crippen molar-refractivity contribution >= 4 is 64.3 Å². The van der Waals surface area contributed by atoms with E-state index in [-0.39, 0.29) is 40.5 Å². The number of thioether (sulfide) groups is 2. The standard InChI is InChI=1S/C43H46N4O7S2/c1-43(2,55-5)13-8-14-52-30-11-12-36-27(17-30)16-29-23-45-34-21-40(38(51-4)19-32(34)42(49)47(29)36)54-25-56-24-53-39-20-33-31(18-37(39)50-3)41(48)46-28(22-44-33)15-26-9-6-7-10-35(26)46/h6-7,9-12,17-22,28-29,45H,8,13-16,23-25H2,1-5H3/t28-,29-/m0/s1. The number of amides is 2. The number of para-hydroxylation sites is 1. The van der Waals surface area contributed by atoms with E-state index >= 15 is 0 Å². The third-order valence-corrected chi connectivity index (χ3v) is 12.8. The Hall–Kier alpha value is -5.01. The van der Waals surface area contributed by atoms with Gasteiger partial charge in [0.25, 0.3) is 11.8 Å². The van der Waals surface area contributed by atoms with E-state index in [2.05, 4.69) is 37.6 Å². The molecule has 0 radical (unpaired) electrons. The second-order valence-electron chi connectivity index (χ2n) is 14.8. The number of aliphatic imine (C=N–C) groups is 1. The molecule has 56 heavy (non-hydrogen) atoms. The summed E-state index contributed by atoms with van der Waals surface area (Å²) in [6, 6.07) is 20.9. The monoisotopic (exact) mass is 794 g/mol. The van der Waals surface area contributed by atoms with Gasteiger partial charge in [-0.05, 0) is 73.0 Å². The Morgan fingerprint density at radius 2 is 1.52 bits per heavy atom. The van der Waals surface area contributed by atoms with Crippen LogP contribution in [0.5, 0.6) is 28.7 Å². The highest BCUT2D eigenvalue weighted by Crippen LogP contribution is 2.43. The van der Waals surface area contributed by atoms with Gasteiger partial charge in [-0.25, -0.2) is 0 Å². The van der Waals surface area contributed by atoms with Crippen molar-refractivity contribution in [2.24, 2.45) is 4.99 Å². The van der Waals surface area contributed by atoms with Gasteiger partial charge in [0, 0.05) is 47.4 Å². The summed E-state index contributed by atoms with van der Waals surface area (Å²) in [5.74, 6) is 3.04. The van der Waals surface area contributed by atoms with E-state index in [1.165, 1.54) is 11.8 Å². The van der Waals surface area contributed by atoms with Crippen LogP contribution >= 0.6 is 23.5 Å². The fraction of sp³-hybridized carbons (Fsp3) is 0.372. The molecule has 0 aromatic heterocycles. The van der Waals surface area contributed by atoms with Gasteiger partial charge < -0.3 is 33.9 Å². The van der Waals surface area contributed by atoms with E-state index in [0.29, 0.717) is 58.7 Å². The zero-order valence-electron chi connectivity index (χ0n) is 32.3. The van der Waals surface area contributed by atoms with Gasteiger partial charge >= 0.3 is 0 Å². The molecule has 0 bridgehead atoms. The maximum Gasteiger partial charge on any atom is 0.261 e. The summed E-state index contributed by atoms with van der Waals surface area (Å²) in [6.07, 6.45) is 7.51. The summed E-state index contributed by atoms with van der Waals surface area (Å²) in [5, 5.41) is 3.50. The van der Waals surface area contributed by atoms with Crippen LogP contribution in [-0.4, -0.2) is 80.4 Å². The van der Waals surface area contributed by atoms with Crippen molar-refractivity contribution in [3.63, 3.8) is 0 Å². The van der Waals surface area contributed by atoms with E-state index in [4.69, 9.17) is 28.7 Å². The van der Waals surface area contributed by atoms with E-state index < -0.39 is 0 Å². The van der Waals surface area contributed by atoms with Crippen molar-refractivity contribution in [2.45, 2.75) is 56.4 Å². The summed E-state index contributed by atoms with van der Waals surface area (Å²) < 4.78 is 30.0. The molecule has 11 nitrogen and oxygen atoms in total. The van der Waals surface area contributed by atoms with Gasteiger partial charge in [-0.3, -0.25) is 19.5 Å². The number of nitrogens with zero attached hydrogens (tertiary/aromatic N) is 3. The molecule has 0 aliphatic carbocycles. The lowest BCUT2D eigenvalue weighted by Crippen LogP contribution is -2.39. The largest absolute Gasteiger partial charge is 0.494 e. The number of carbonyl (C=O) groups excluding carboxylic acids is 2. The van der Waals surface area contributed by atoms with Crippen LogP contribution in [0.25, 0.3) is 0 Å². The Balaban J connectivity index is 0.892. The van der Waals surface area contributed by atoms with Crippen LogP contribution in [0.1, 0.15) is 58.5 Å². The highest BCUT2D eigenvalue weighted by atomic mass is 32.2. The molecule has 0 fully saturated rings. The Morgan fingerprint density at radius 1 is 0.804 bits per heavy atom. The van der Waals surface area contributed by atoms with Crippen LogP contribution in [0.3, 0.4) is 0 Å². The Labute approximate surface area is 336 Å². The zero-order valence-corrected chi connectivity index (χ0v) is 33.9. The summed E-state index contributed by atoms with van der Waals surface area (Å²) in [5.41, 5.74) is 6.29. The molecule has 4 aromatic carbocycles. The van der Waals surface area contributed by atoms with Gasteiger partial charge in [-0.15, -0.1) is 0 Å². The van der Waals surface area contributed by atoms with Crippen molar-refractivity contribution in [1.29, 1.82) is 0 Å². The van der Waals surface area contributed by atoms with Crippen LogP contribution in [0.15, 0.2) is 71.7 Å². The number of fused-ring (bicyclic) bond motifs is 8. The Kier molecular flexibility index (Phi) is 10.7. The minimum Gasteiger partial charge on any atom is -0.494 e. The highest BCUT2D eigenvalue weighted by Gasteiger charge is 2.39. The molecule has 4 aliphatic rings. The second-order valence-corrected chi connectivity index (χ2v) is 17.2. The average Bonchev–Trinajstić information content (AvgIpc) is 3.69. The number of hydrogen-bond acceptors (Lipinski definition) is 11. The summed E-state index contributed by atoms with van der Waals surface area (Å²) >= 11 is 3.29. The predicted molar refractivity (Wildman–Crippen MR) is 225 cm³/mol. The molecular weight excluding hydrogens is 749 g/mol. The predicted octanol–water partition coefficient (Wildman–Crippen LogP) is 8.39. The number of methoxy groups -OCH3 is 2. The van der Waals surface area contributed by atoms with Gasteiger partial charge in [0.1, 0.15) is 17.6 Å². The van der Waals surface area contributed by atoms with Gasteiger partial charge in [0.05, 0.1) is 55.4 Å². The minimum absolute atomic E-state index is 0.0340. The lowest BCUT2D eigenvalue weighted by atomic mass is 10.1. The fourth-order valence-corrected chi connectivity index (χ4v) is 8.60. The van der Waals surface area contributed by atoms with Gasteiger partial charge in [-0.1, -0.05) is 43.8 Å². The molecule has 2 amide bonds. The summed E-state index contributed by atoms with van der Waals surface area (Å²) in [4.78, 5) is 36.2. The molecule has 13 heteroatoms. The first-order chi connectivity index (χ1) is 27.2. The van der Waals surface area contributed by atoms with Gasteiger partial charge in [-0.2, -0.15) is 11.8 Å². The number of anilines is 3. The maximum atomic E-state index is 14.1. The van der Waals surface area contributed by atoms with Crippen molar-refractivity contribution in [2.75, 3.05) is 60.6 Å². The van der Waals surface area contributed by atoms with Crippen LogP contribution in [0.4, 0.5) is 22.7 Å². The number of ether oxygens (including phenoxy) is 5. The number of carbonyl (C=O) groups is 2. The third kappa shape index (κ3) is 7.34. The number of rotatable bonds is 14. The summed E-state index contributed by atoms with van der Waals surface area (Å²) in [7, 11) is 3.12.